The molecule has 2 aromatic carbocycles. The van der Waals surface area contributed by atoms with Crippen LogP contribution in [0.2, 0.25) is 0 Å². The molecule has 2 aromatic rings. The molecular formula is C28H37N3O6S2. The van der Waals surface area contributed by atoms with Crippen LogP contribution in [0.25, 0.3) is 5.76 Å². The number of aliphatic hydroxyl groups is 1. The molecule has 11 heteroatoms. The highest BCUT2D eigenvalue weighted by Crippen LogP contribution is 2.57. The Bertz CT molecular complexity index is 1450. The number of nitrogens with zero attached hydrogens (tertiary/aromatic N) is 1. The number of ketones is 1. The minimum Gasteiger partial charge on any atom is -0.506 e. The molecule has 0 unspecified atom stereocenters. The number of sulfonamides is 1. The van der Waals surface area contributed by atoms with Crippen LogP contribution in [0.15, 0.2) is 57.3 Å². The van der Waals surface area contributed by atoms with Crippen molar-refractivity contribution in [1.29, 1.82) is 0 Å². The van der Waals surface area contributed by atoms with Gasteiger partial charge in [-0.05, 0) is 61.3 Å². The molecule has 1 aliphatic heterocycles. The molecule has 0 saturated heterocycles. The molecule has 39 heavy (non-hydrogen) atoms. The molecule has 0 spiro atoms. The largest absolute Gasteiger partial charge is 0.506 e. The van der Waals surface area contributed by atoms with Gasteiger partial charge < -0.3 is 10.4 Å². The first-order valence-corrected chi connectivity index (χ1v) is 16.4. The van der Waals surface area contributed by atoms with Crippen molar-refractivity contribution in [1.82, 2.24) is 0 Å². The van der Waals surface area contributed by atoms with Gasteiger partial charge in [0, 0.05) is 5.56 Å². The first-order valence-electron chi connectivity index (χ1n) is 13.0. The fourth-order valence-electron chi connectivity index (χ4n) is 5.19. The standard InChI is InChI=1S/C28H37N3O6S2/c1-17(2)12-14-28(15-13-18(3)4)21-9-7-6-8-20(21)25(32)24(26(28)33)27-29-22-11-10-19(30-38(5,34)35)16-23(22)39(36,37)31-27/h6-11,16-18,30,32,36-37H,12-15H2,1-5H3,(H,29,31). The second kappa shape index (κ2) is 10.6. The predicted molar refractivity (Wildman–Crippen MR) is 158 cm³/mol. The minimum atomic E-state index is -3.84. The van der Waals surface area contributed by atoms with Crippen LogP contribution in [-0.2, 0) is 20.2 Å². The van der Waals surface area contributed by atoms with Crippen LogP contribution in [-0.4, -0.2) is 40.5 Å². The first kappa shape index (κ1) is 29.1. The summed E-state index contributed by atoms with van der Waals surface area (Å²) in [5.74, 6) is 0.00722. The lowest BCUT2D eigenvalue weighted by Gasteiger charge is -2.41. The van der Waals surface area contributed by atoms with Gasteiger partial charge in [-0.1, -0.05) is 62.7 Å². The van der Waals surface area contributed by atoms with Gasteiger partial charge in [0.15, 0.2) is 11.6 Å². The Labute approximate surface area is 232 Å². The van der Waals surface area contributed by atoms with E-state index >= 15 is 0 Å². The predicted octanol–water partition coefficient (Wildman–Crippen LogP) is 6.57. The summed E-state index contributed by atoms with van der Waals surface area (Å²) in [6.45, 7) is 8.43. The van der Waals surface area contributed by atoms with Gasteiger partial charge in [-0.15, -0.1) is 4.40 Å². The number of fused-ring (bicyclic) bond motifs is 2. The van der Waals surface area contributed by atoms with Crippen molar-refractivity contribution in [2.24, 2.45) is 16.2 Å². The van der Waals surface area contributed by atoms with Gasteiger partial charge in [0.25, 0.3) is 0 Å². The van der Waals surface area contributed by atoms with Gasteiger partial charge in [0.05, 0.1) is 23.0 Å². The van der Waals surface area contributed by atoms with Crippen molar-refractivity contribution < 1.29 is 27.4 Å². The van der Waals surface area contributed by atoms with Crippen molar-refractivity contribution >= 4 is 49.6 Å². The Morgan fingerprint density at radius 2 is 1.64 bits per heavy atom. The maximum absolute atomic E-state index is 14.5. The average molecular weight is 576 g/mol. The third kappa shape index (κ3) is 5.86. The number of nitrogens with one attached hydrogen (secondary N) is 2. The van der Waals surface area contributed by atoms with Gasteiger partial charge in [0.2, 0.25) is 10.0 Å². The van der Waals surface area contributed by atoms with Gasteiger partial charge in [-0.25, -0.2) is 8.42 Å². The quantitative estimate of drug-likeness (QED) is 0.227. The Hall–Kier alpha value is -2.86. The molecule has 5 N–H and O–H groups in total. The number of carbonyl (C=O) groups is 1. The molecule has 2 aliphatic rings. The molecule has 212 valence electrons. The topological polar surface area (TPSA) is 148 Å². The molecule has 0 atom stereocenters. The van der Waals surface area contributed by atoms with E-state index in [4.69, 9.17) is 0 Å². The van der Waals surface area contributed by atoms with Crippen LogP contribution in [0.3, 0.4) is 0 Å². The highest BCUT2D eigenvalue weighted by atomic mass is 32.3. The molecule has 0 saturated carbocycles. The van der Waals surface area contributed by atoms with Crippen LogP contribution >= 0.6 is 10.8 Å². The van der Waals surface area contributed by atoms with E-state index in [-0.39, 0.29) is 39.2 Å². The molecule has 9 nitrogen and oxygen atoms in total. The zero-order valence-corrected chi connectivity index (χ0v) is 24.5. The minimum absolute atomic E-state index is 0.0190. The molecule has 1 heterocycles. The summed E-state index contributed by atoms with van der Waals surface area (Å²) in [7, 11) is -7.43. The van der Waals surface area contributed by atoms with E-state index in [1.807, 2.05) is 12.1 Å². The fraction of sp³-hybridized carbons (Fsp3) is 0.429. The van der Waals surface area contributed by atoms with Gasteiger partial charge in [0.1, 0.15) is 16.2 Å². The Balaban J connectivity index is 1.86. The Kier molecular flexibility index (Phi) is 7.92. The van der Waals surface area contributed by atoms with E-state index in [0.717, 1.165) is 24.7 Å². The van der Waals surface area contributed by atoms with Crippen LogP contribution in [0, 0.1) is 11.8 Å². The van der Waals surface area contributed by atoms with Gasteiger partial charge >= 0.3 is 0 Å². The summed E-state index contributed by atoms with van der Waals surface area (Å²) in [6.07, 6.45) is 3.72. The van der Waals surface area contributed by atoms with E-state index in [2.05, 4.69) is 42.1 Å². The maximum Gasteiger partial charge on any atom is 0.229 e. The summed E-state index contributed by atoms with van der Waals surface area (Å²) in [4.78, 5) is 14.5. The van der Waals surface area contributed by atoms with Crippen LogP contribution in [0.1, 0.15) is 64.5 Å². The summed E-state index contributed by atoms with van der Waals surface area (Å²) in [6, 6.07) is 11.6. The zero-order chi connectivity index (χ0) is 28.8. The first-order chi connectivity index (χ1) is 18.1. The smallest absolute Gasteiger partial charge is 0.229 e. The van der Waals surface area contributed by atoms with Crippen molar-refractivity contribution in [3.05, 3.63) is 59.2 Å². The summed E-state index contributed by atoms with van der Waals surface area (Å²) in [5, 5.41) is 14.4. The number of Topliss-reactive ketones (excluding diaryl/α,β-unsaturated/α-hetero) is 1. The highest BCUT2D eigenvalue weighted by molar-refractivity contribution is 8.23. The number of amidine groups is 1. The third-order valence-corrected chi connectivity index (χ3v) is 9.15. The fourth-order valence-corrected chi connectivity index (χ4v) is 6.93. The normalized spacial score (nSPS) is 18.8. The van der Waals surface area contributed by atoms with Crippen molar-refractivity contribution in [2.45, 2.75) is 63.7 Å². The Morgan fingerprint density at radius 1 is 1.03 bits per heavy atom. The zero-order valence-electron chi connectivity index (χ0n) is 22.9. The monoisotopic (exact) mass is 575 g/mol. The summed E-state index contributed by atoms with van der Waals surface area (Å²) >= 11 is 0. The van der Waals surface area contributed by atoms with Crippen molar-refractivity contribution in [2.75, 3.05) is 16.3 Å². The Morgan fingerprint density at radius 3 is 2.23 bits per heavy atom. The molecule has 1 aliphatic carbocycles. The lowest BCUT2D eigenvalue weighted by atomic mass is 9.62. The lowest BCUT2D eigenvalue weighted by Crippen LogP contribution is -2.44. The summed E-state index contributed by atoms with van der Waals surface area (Å²) < 4.78 is 51.8. The maximum atomic E-state index is 14.5. The lowest BCUT2D eigenvalue weighted by molar-refractivity contribution is -0.121. The average Bonchev–Trinajstić information content (AvgIpc) is 2.83. The van der Waals surface area contributed by atoms with Crippen molar-refractivity contribution in [3.8, 4) is 0 Å². The highest BCUT2D eigenvalue weighted by Gasteiger charge is 2.49. The molecule has 0 amide bonds. The second-order valence-electron chi connectivity index (χ2n) is 11.2. The third-order valence-electron chi connectivity index (χ3n) is 7.18. The number of aliphatic hydroxyl groups excluding tert-OH is 1. The van der Waals surface area contributed by atoms with E-state index in [0.29, 0.717) is 30.2 Å². The van der Waals surface area contributed by atoms with Gasteiger partial charge in [-0.2, -0.15) is 0 Å². The number of hydrogen-bond donors (Lipinski definition) is 5. The molecule has 0 fully saturated rings. The van der Waals surface area contributed by atoms with Crippen LogP contribution < -0.4 is 10.0 Å². The molecule has 0 bridgehead atoms. The van der Waals surface area contributed by atoms with Crippen LogP contribution in [0.4, 0.5) is 11.4 Å². The van der Waals surface area contributed by atoms with E-state index in [1.165, 1.54) is 18.2 Å². The second-order valence-corrected chi connectivity index (χ2v) is 14.6. The molecule has 4 rings (SSSR count). The number of anilines is 2. The van der Waals surface area contributed by atoms with E-state index in [9.17, 15) is 27.4 Å². The van der Waals surface area contributed by atoms with E-state index in [1.54, 1.807) is 12.1 Å². The van der Waals surface area contributed by atoms with Crippen molar-refractivity contribution in [3.63, 3.8) is 0 Å². The number of rotatable bonds is 9. The van der Waals surface area contributed by atoms with E-state index < -0.39 is 26.2 Å². The molecule has 0 aromatic heterocycles. The summed E-state index contributed by atoms with van der Waals surface area (Å²) in [5.41, 5.74) is 0.703. The number of benzene rings is 2. The molecular weight excluding hydrogens is 538 g/mol. The SMILES string of the molecule is CC(C)CCC1(CCC(C)C)C(=O)C(C2=NS(O)(O)c3cc(NS(C)(=O)=O)ccc3N2)=C(O)c2ccccc21. The number of carbonyl (C=O) groups excluding carboxylic acids is 1. The number of hydrogen-bond acceptors (Lipinski definition) is 8. The van der Waals surface area contributed by atoms with Crippen LogP contribution in [0.5, 0.6) is 0 Å². The molecule has 0 radical (unpaired) electrons. The van der Waals surface area contributed by atoms with Gasteiger partial charge in [-0.3, -0.25) is 18.6 Å².